The number of fused-ring (bicyclic) bond motifs is 1. The summed E-state index contributed by atoms with van der Waals surface area (Å²) in [5.41, 5.74) is 14.0. The Kier molecular flexibility index (Phi) is 2.13. The Labute approximate surface area is 82.5 Å². The summed E-state index contributed by atoms with van der Waals surface area (Å²) in [6, 6.07) is 5.81. The van der Waals surface area contributed by atoms with Crippen molar-refractivity contribution in [2.24, 2.45) is 5.73 Å². The summed E-state index contributed by atoms with van der Waals surface area (Å²) in [7, 11) is 0. The second-order valence-electron chi connectivity index (χ2n) is 3.31. The predicted molar refractivity (Wildman–Crippen MR) is 57.9 cm³/mol. The molecule has 0 fully saturated rings. The average molecular weight is 190 g/mol. The number of nitrogens with two attached hydrogens (primary N) is 2. The second-order valence-corrected chi connectivity index (χ2v) is 3.31. The molecule has 2 aromatic rings. The van der Waals surface area contributed by atoms with E-state index in [2.05, 4.69) is 9.55 Å². The summed E-state index contributed by atoms with van der Waals surface area (Å²) in [6.45, 7) is 3.36. The average Bonchev–Trinajstić information content (AvgIpc) is 2.47. The molecule has 0 aliphatic rings. The van der Waals surface area contributed by atoms with E-state index < -0.39 is 0 Å². The largest absolute Gasteiger partial charge is 0.397 e. The molecule has 1 heterocycles. The molecule has 0 saturated carbocycles. The summed E-state index contributed by atoms with van der Waals surface area (Å²) in [6.07, 6.45) is 0. The second kappa shape index (κ2) is 3.31. The maximum absolute atomic E-state index is 5.83. The summed E-state index contributed by atoms with van der Waals surface area (Å²) < 4.78 is 2.09. The van der Waals surface area contributed by atoms with E-state index in [1.165, 1.54) is 0 Å². The van der Waals surface area contributed by atoms with E-state index in [1.807, 2.05) is 25.1 Å². The minimum Gasteiger partial charge on any atom is -0.397 e. The van der Waals surface area contributed by atoms with E-state index >= 15 is 0 Å². The van der Waals surface area contributed by atoms with Crippen molar-refractivity contribution in [3.63, 3.8) is 0 Å². The normalized spacial score (nSPS) is 11.0. The van der Waals surface area contributed by atoms with Gasteiger partial charge in [-0.25, -0.2) is 4.98 Å². The first-order chi connectivity index (χ1) is 6.74. The molecule has 0 radical (unpaired) electrons. The molecule has 1 aromatic carbocycles. The molecule has 14 heavy (non-hydrogen) atoms. The van der Waals surface area contributed by atoms with Crippen LogP contribution >= 0.6 is 0 Å². The van der Waals surface area contributed by atoms with Crippen molar-refractivity contribution >= 4 is 16.7 Å². The predicted octanol–water partition coefficient (Wildman–Crippen LogP) is 0.886. The fraction of sp³-hybridized carbons (Fsp3) is 0.300. The quantitative estimate of drug-likeness (QED) is 0.691. The fourth-order valence-corrected chi connectivity index (χ4v) is 1.70. The number of para-hydroxylation sites is 1. The molecule has 4 N–H and O–H groups in total. The first-order valence-electron chi connectivity index (χ1n) is 4.65. The molecule has 2 rings (SSSR count). The first kappa shape index (κ1) is 9.02. The van der Waals surface area contributed by atoms with E-state index in [0.717, 1.165) is 29.1 Å². The van der Waals surface area contributed by atoms with Crippen molar-refractivity contribution < 1.29 is 0 Å². The number of rotatable bonds is 2. The van der Waals surface area contributed by atoms with Gasteiger partial charge in [0.25, 0.3) is 0 Å². The van der Waals surface area contributed by atoms with Crippen LogP contribution < -0.4 is 11.5 Å². The molecule has 0 unspecified atom stereocenters. The first-order valence-corrected chi connectivity index (χ1v) is 4.65. The van der Waals surface area contributed by atoms with Gasteiger partial charge in [-0.15, -0.1) is 0 Å². The van der Waals surface area contributed by atoms with Crippen LogP contribution in [0.5, 0.6) is 0 Å². The van der Waals surface area contributed by atoms with Gasteiger partial charge < -0.3 is 16.0 Å². The van der Waals surface area contributed by atoms with Gasteiger partial charge >= 0.3 is 0 Å². The SMILES string of the molecule is Cc1nc2c(N)cccc2n1CCN. The minimum atomic E-state index is 0.612. The third kappa shape index (κ3) is 1.24. The number of aromatic nitrogens is 2. The Morgan fingerprint density at radius 2 is 2.21 bits per heavy atom. The lowest BCUT2D eigenvalue weighted by atomic mass is 10.3. The van der Waals surface area contributed by atoms with Crippen LogP contribution in [0.2, 0.25) is 0 Å². The highest BCUT2D eigenvalue weighted by Crippen LogP contribution is 2.20. The lowest BCUT2D eigenvalue weighted by Crippen LogP contribution is -2.10. The molecule has 0 amide bonds. The van der Waals surface area contributed by atoms with Crippen LogP contribution in [0.4, 0.5) is 5.69 Å². The number of aryl methyl sites for hydroxylation is 1. The summed E-state index contributed by atoms with van der Waals surface area (Å²) in [5, 5.41) is 0. The Hall–Kier alpha value is -1.55. The number of benzene rings is 1. The van der Waals surface area contributed by atoms with Gasteiger partial charge in [0.1, 0.15) is 11.3 Å². The molecule has 74 valence electrons. The van der Waals surface area contributed by atoms with Gasteiger partial charge in [0, 0.05) is 13.1 Å². The monoisotopic (exact) mass is 190 g/mol. The lowest BCUT2D eigenvalue weighted by molar-refractivity contribution is 0.703. The molecule has 0 bridgehead atoms. The summed E-state index contributed by atoms with van der Waals surface area (Å²) in [5.74, 6) is 0.961. The van der Waals surface area contributed by atoms with E-state index in [9.17, 15) is 0 Å². The number of nitrogen functional groups attached to an aromatic ring is 1. The van der Waals surface area contributed by atoms with Crippen molar-refractivity contribution in [2.75, 3.05) is 12.3 Å². The number of hydrogen-bond donors (Lipinski definition) is 2. The Bertz CT molecular complexity index is 458. The van der Waals surface area contributed by atoms with E-state index in [0.29, 0.717) is 6.54 Å². The summed E-state index contributed by atoms with van der Waals surface area (Å²) in [4.78, 5) is 4.41. The van der Waals surface area contributed by atoms with Gasteiger partial charge in [-0.05, 0) is 19.1 Å². The molecule has 0 aliphatic heterocycles. The van der Waals surface area contributed by atoms with Crippen LogP contribution in [-0.4, -0.2) is 16.1 Å². The van der Waals surface area contributed by atoms with Crippen molar-refractivity contribution in [3.8, 4) is 0 Å². The Morgan fingerprint density at radius 3 is 2.93 bits per heavy atom. The zero-order valence-electron chi connectivity index (χ0n) is 8.20. The van der Waals surface area contributed by atoms with Crippen molar-refractivity contribution in [3.05, 3.63) is 24.0 Å². The maximum Gasteiger partial charge on any atom is 0.112 e. The van der Waals surface area contributed by atoms with Crippen LogP contribution in [0.3, 0.4) is 0 Å². The van der Waals surface area contributed by atoms with Crippen LogP contribution in [0.25, 0.3) is 11.0 Å². The highest BCUT2D eigenvalue weighted by molar-refractivity contribution is 5.87. The maximum atomic E-state index is 5.83. The van der Waals surface area contributed by atoms with Crippen molar-refractivity contribution in [1.29, 1.82) is 0 Å². The zero-order valence-corrected chi connectivity index (χ0v) is 8.20. The molecule has 4 heteroatoms. The van der Waals surface area contributed by atoms with Gasteiger partial charge in [0.15, 0.2) is 0 Å². The van der Waals surface area contributed by atoms with Gasteiger partial charge in [0.2, 0.25) is 0 Å². The molecule has 0 saturated heterocycles. The fourth-order valence-electron chi connectivity index (χ4n) is 1.70. The van der Waals surface area contributed by atoms with Crippen molar-refractivity contribution in [1.82, 2.24) is 9.55 Å². The topological polar surface area (TPSA) is 69.9 Å². The van der Waals surface area contributed by atoms with Gasteiger partial charge in [-0.3, -0.25) is 0 Å². The zero-order chi connectivity index (χ0) is 10.1. The lowest BCUT2D eigenvalue weighted by Gasteiger charge is -2.03. The number of anilines is 1. The molecule has 4 nitrogen and oxygen atoms in total. The molecule has 0 spiro atoms. The van der Waals surface area contributed by atoms with Gasteiger partial charge in [0.05, 0.1) is 11.2 Å². The van der Waals surface area contributed by atoms with E-state index in [4.69, 9.17) is 11.5 Å². The molecule has 1 aromatic heterocycles. The third-order valence-electron chi connectivity index (χ3n) is 2.35. The van der Waals surface area contributed by atoms with E-state index in [1.54, 1.807) is 0 Å². The Morgan fingerprint density at radius 1 is 1.43 bits per heavy atom. The minimum absolute atomic E-state index is 0.612. The van der Waals surface area contributed by atoms with Crippen LogP contribution in [0.1, 0.15) is 5.82 Å². The summed E-state index contributed by atoms with van der Waals surface area (Å²) >= 11 is 0. The smallest absolute Gasteiger partial charge is 0.112 e. The molecular weight excluding hydrogens is 176 g/mol. The molecule has 0 atom stereocenters. The Balaban J connectivity index is 2.70. The number of hydrogen-bond acceptors (Lipinski definition) is 3. The highest BCUT2D eigenvalue weighted by atomic mass is 15.1. The molecule has 0 aliphatic carbocycles. The van der Waals surface area contributed by atoms with Crippen LogP contribution in [0.15, 0.2) is 18.2 Å². The standard InChI is InChI=1S/C10H14N4/c1-7-13-10-8(12)3-2-4-9(10)14(7)6-5-11/h2-4H,5-6,11-12H2,1H3. The van der Waals surface area contributed by atoms with Gasteiger partial charge in [-0.2, -0.15) is 0 Å². The van der Waals surface area contributed by atoms with Crippen LogP contribution in [-0.2, 0) is 6.54 Å². The van der Waals surface area contributed by atoms with Crippen LogP contribution in [0, 0.1) is 6.92 Å². The number of imidazole rings is 1. The number of nitrogens with zero attached hydrogens (tertiary/aromatic N) is 2. The van der Waals surface area contributed by atoms with Crippen molar-refractivity contribution in [2.45, 2.75) is 13.5 Å². The van der Waals surface area contributed by atoms with E-state index in [-0.39, 0.29) is 0 Å². The van der Waals surface area contributed by atoms with Gasteiger partial charge in [-0.1, -0.05) is 6.07 Å². The molecular formula is C10H14N4. The highest BCUT2D eigenvalue weighted by Gasteiger charge is 2.07. The third-order valence-corrected chi connectivity index (χ3v) is 2.35.